The van der Waals surface area contributed by atoms with Gasteiger partial charge in [0, 0.05) is 54.7 Å². The molecule has 0 aromatic carbocycles. The van der Waals surface area contributed by atoms with Crippen LogP contribution >= 0.6 is 47.5 Å². The molecule has 2 saturated heterocycles. The number of hydrogen-bond acceptors (Lipinski definition) is 4. The van der Waals surface area contributed by atoms with Gasteiger partial charge in [-0.25, -0.2) is 0 Å². The second kappa shape index (κ2) is 9.22. The Bertz CT molecular complexity index is 363. The van der Waals surface area contributed by atoms with Crippen molar-refractivity contribution in [1.29, 1.82) is 0 Å². The van der Waals surface area contributed by atoms with Gasteiger partial charge in [-0.3, -0.25) is 9.89 Å². The van der Waals surface area contributed by atoms with E-state index in [4.69, 9.17) is 10.7 Å². The predicted octanol–water partition coefficient (Wildman–Crippen LogP) is 2.33. The Labute approximate surface area is 160 Å². The van der Waals surface area contributed by atoms with Crippen LogP contribution in [0.2, 0.25) is 0 Å². The SMILES string of the molecule is I.NC(=NCC1(N2CCSCC2)CCCC1)N1CCSCC1. The zero-order chi connectivity index (χ0) is 14.5. The van der Waals surface area contributed by atoms with E-state index in [1.807, 2.05) is 11.8 Å². The number of hydrogen-bond donors (Lipinski definition) is 1. The molecule has 3 fully saturated rings. The van der Waals surface area contributed by atoms with E-state index in [1.165, 1.54) is 61.8 Å². The Morgan fingerprint density at radius 3 is 2.09 bits per heavy atom. The molecule has 0 amide bonds. The normalized spacial score (nSPS) is 26.7. The molecule has 1 aliphatic carbocycles. The van der Waals surface area contributed by atoms with Gasteiger partial charge >= 0.3 is 0 Å². The maximum atomic E-state index is 6.26. The summed E-state index contributed by atoms with van der Waals surface area (Å²) in [5.41, 5.74) is 6.57. The zero-order valence-corrected chi connectivity index (χ0v) is 17.3. The van der Waals surface area contributed by atoms with Crippen LogP contribution in [0.1, 0.15) is 25.7 Å². The second-order valence-corrected chi connectivity index (χ2v) is 8.75. The topological polar surface area (TPSA) is 44.9 Å². The fourth-order valence-electron chi connectivity index (χ4n) is 3.77. The van der Waals surface area contributed by atoms with Gasteiger partial charge in [0.1, 0.15) is 0 Å². The highest BCUT2D eigenvalue weighted by Gasteiger charge is 2.39. The molecule has 0 aromatic rings. The molecule has 0 aromatic heterocycles. The van der Waals surface area contributed by atoms with E-state index in [1.54, 1.807) is 0 Å². The van der Waals surface area contributed by atoms with Crippen LogP contribution in [0.5, 0.6) is 0 Å². The molecule has 2 N–H and O–H groups in total. The monoisotopic (exact) mass is 456 g/mol. The molecule has 4 nitrogen and oxygen atoms in total. The molecule has 0 atom stereocenters. The van der Waals surface area contributed by atoms with Crippen molar-refractivity contribution in [2.24, 2.45) is 10.7 Å². The quantitative estimate of drug-likeness (QED) is 0.401. The average Bonchev–Trinajstić information content (AvgIpc) is 3.04. The fraction of sp³-hybridized carbons (Fsp3) is 0.933. The Morgan fingerprint density at radius 1 is 0.955 bits per heavy atom. The highest BCUT2D eigenvalue weighted by Crippen LogP contribution is 2.37. The lowest BCUT2D eigenvalue weighted by molar-refractivity contribution is 0.112. The maximum Gasteiger partial charge on any atom is 0.191 e. The number of nitrogens with zero attached hydrogens (tertiary/aromatic N) is 3. The molecular formula is C15H29IN4S2. The van der Waals surface area contributed by atoms with Crippen molar-refractivity contribution in [3.8, 4) is 0 Å². The van der Waals surface area contributed by atoms with Crippen molar-refractivity contribution in [3.63, 3.8) is 0 Å². The molecule has 2 heterocycles. The van der Waals surface area contributed by atoms with Gasteiger partial charge in [-0.1, -0.05) is 12.8 Å². The summed E-state index contributed by atoms with van der Waals surface area (Å²) < 4.78 is 0. The maximum absolute atomic E-state index is 6.26. The molecule has 22 heavy (non-hydrogen) atoms. The van der Waals surface area contributed by atoms with Crippen LogP contribution < -0.4 is 5.73 Å². The van der Waals surface area contributed by atoms with Crippen molar-refractivity contribution in [3.05, 3.63) is 0 Å². The van der Waals surface area contributed by atoms with E-state index in [-0.39, 0.29) is 24.0 Å². The molecule has 7 heteroatoms. The fourth-order valence-corrected chi connectivity index (χ4v) is 5.57. The van der Waals surface area contributed by atoms with E-state index < -0.39 is 0 Å². The van der Waals surface area contributed by atoms with Crippen molar-refractivity contribution < 1.29 is 0 Å². The Morgan fingerprint density at radius 2 is 1.50 bits per heavy atom. The summed E-state index contributed by atoms with van der Waals surface area (Å²) >= 11 is 4.11. The molecule has 0 unspecified atom stereocenters. The summed E-state index contributed by atoms with van der Waals surface area (Å²) in [6.45, 7) is 5.51. The van der Waals surface area contributed by atoms with Gasteiger partial charge in [0.15, 0.2) is 5.96 Å². The lowest BCUT2D eigenvalue weighted by atomic mass is 9.95. The first-order chi connectivity index (χ1) is 10.3. The molecule has 3 aliphatic rings. The van der Waals surface area contributed by atoms with E-state index in [2.05, 4.69) is 21.6 Å². The molecule has 128 valence electrons. The van der Waals surface area contributed by atoms with Crippen LogP contribution in [-0.4, -0.2) is 77.0 Å². The average molecular weight is 456 g/mol. The lowest BCUT2D eigenvalue weighted by Gasteiger charge is -2.42. The molecule has 1 saturated carbocycles. The molecule has 0 bridgehead atoms. The van der Waals surface area contributed by atoms with Crippen molar-refractivity contribution in [2.75, 3.05) is 55.7 Å². The van der Waals surface area contributed by atoms with Crippen LogP contribution in [0, 0.1) is 0 Å². The van der Waals surface area contributed by atoms with Crippen LogP contribution in [-0.2, 0) is 0 Å². The van der Waals surface area contributed by atoms with Crippen LogP contribution in [0.15, 0.2) is 4.99 Å². The van der Waals surface area contributed by atoms with Gasteiger partial charge in [-0.05, 0) is 12.8 Å². The highest BCUT2D eigenvalue weighted by molar-refractivity contribution is 14.0. The summed E-state index contributed by atoms with van der Waals surface area (Å²) in [7, 11) is 0. The molecule has 2 aliphatic heterocycles. The first-order valence-electron chi connectivity index (χ1n) is 8.26. The predicted molar refractivity (Wildman–Crippen MR) is 111 cm³/mol. The second-order valence-electron chi connectivity index (χ2n) is 6.30. The van der Waals surface area contributed by atoms with E-state index in [0.29, 0.717) is 5.54 Å². The third-order valence-electron chi connectivity index (χ3n) is 5.09. The lowest BCUT2D eigenvalue weighted by Crippen LogP contribution is -2.53. The van der Waals surface area contributed by atoms with Gasteiger partial charge < -0.3 is 10.6 Å². The van der Waals surface area contributed by atoms with Gasteiger partial charge in [-0.2, -0.15) is 23.5 Å². The van der Waals surface area contributed by atoms with Crippen LogP contribution in [0.25, 0.3) is 0 Å². The van der Waals surface area contributed by atoms with Crippen LogP contribution in [0.4, 0.5) is 0 Å². The number of nitrogens with two attached hydrogens (primary N) is 1. The third kappa shape index (κ3) is 4.60. The Kier molecular flexibility index (Phi) is 7.96. The molecular weight excluding hydrogens is 427 g/mol. The largest absolute Gasteiger partial charge is 0.370 e. The van der Waals surface area contributed by atoms with Crippen molar-refractivity contribution in [1.82, 2.24) is 9.80 Å². The van der Waals surface area contributed by atoms with E-state index in [0.717, 1.165) is 25.6 Å². The highest BCUT2D eigenvalue weighted by atomic mass is 127. The summed E-state index contributed by atoms with van der Waals surface area (Å²) in [6, 6.07) is 0. The Balaban J connectivity index is 0.00000176. The van der Waals surface area contributed by atoms with Gasteiger partial charge in [-0.15, -0.1) is 24.0 Å². The van der Waals surface area contributed by atoms with E-state index >= 15 is 0 Å². The third-order valence-corrected chi connectivity index (χ3v) is 6.97. The minimum Gasteiger partial charge on any atom is -0.370 e. The summed E-state index contributed by atoms with van der Waals surface area (Å²) in [5, 5.41) is 0. The zero-order valence-electron chi connectivity index (χ0n) is 13.3. The first kappa shape index (κ1) is 19.0. The number of rotatable bonds is 3. The summed E-state index contributed by atoms with van der Waals surface area (Å²) in [6.07, 6.45) is 5.34. The number of thioether (sulfide) groups is 2. The number of guanidine groups is 1. The van der Waals surface area contributed by atoms with Crippen molar-refractivity contribution in [2.45, 2.75) is 31.2 Å². The molecule has 3 rings (SSSR count). The standard InChI is InChI=1S/C15H28N4S2.HI/c16-14(18-5-9-20-10-6-18)17-13-15(3-1-2-4-15)19-7-11-21-12-8-19;/h1-13H2,(H2,16,17);1H. The smallest absolute Gasteiger partial charge is 0.191 e. The van der Waals surface area contributed by atoms with Crippen molar-refractivity contribution >= 4 is 53.5 Å². The minimum atomic E-state index is 0. The van der Waals surface area contributed by atoms with Gasteiger partial charge in [0.25, 0.3) is 0 Å². The number of aliphatic imine (C=N–C) groups is 1. The molecule has 0 radical (unpaired) electrons. The summed E-state index contributed by atoms with van der Waals surface area (Å²) in [5.74, 6) is 5.72. The molecule has 0 spiro atoms. The van der Waals surface area contributed by atoms with Gasteiger partial charge in [0.05, 0.1) is 6.54 Å². The Hall–Kier alpha value is 0.660. The first-order valence-corrected chi connectivity index (χ1v) is 10.6. The minimum absolute atomic E-state index is 0. The van der Waals surface area contributed by atoms with Crippen LogP contribution in [0.3, 0.4) is 0 Å². The van der Waals surface area contributed by atoms with E-state index in [9.17, 15) is 0 Å². The number of halogens is 1. The van der Waals surface area contributed by atoms with Gasteiger partial charge in [0.2, 0.25) is 0 Å². The summed E-state index contributed by atoms with van der Waals surface area (Å²) in [4.78, 5) is 9.83.